The SMILES string of the molecule is C[C@@H](c1ccc(-c2ccc3ncn(C)c3c2)cc1)N1CCC(CC(C)(C)O)(c2ccccc2)OC1=O. The van der Waals surface area contributed by atoms with Crippen molar-refractivity contribution < 1.29 is 14.6 Å². The molecule has 6 nitrogen and oxygen atoms in total. The van der Waals surface area contributed by atoms with Gasteiger partial charge >= 0.3 is 6.09 Å². The highest BCUT2D eigenvalue weighted by Crippen LogP contribution is 2.42. The average Bonchev–Trinajstić information content (AvgIpc) is 3.23. The monoisotopic (exact) mass is 483 g/mol. The number of rotatable bonds is 6. The molecule has 1 N–H and O–H groups in total. The van der Waals surface area contributed by atoms with Gasteiger partial charge in [-0.05, 0) is 55.2 Å². The van der Waals surface area contributed by atoms with E-state index in [1.54, 1.807) is 18.7 Å². The number of carbonyl (C=O) groups is 1. The molecule has 0 saturated carbocycles. The minimum absolute atomic E-state index is 0.137. The molecule has 1 aliphatic heterocycles. The number of fused-ring (bicyclic) bond motifs is 1. The third-order valence-corrected chi connectivity index (χ3v) is 7.21. The molecule has 6 heteroatoms. The molecular formula is C30H33N3O3. The molecule has 2 atom stereocenters. The molecule has 1 saturated heterocycles. The van der Waals surface area contributed by atoms with E-state index in [4.69, 9.17) is 4.74 Å². The molecule has 0 bridgehead atoms. The van der Waals surface area contributed by atoms with Crippen molar-refractivity contribution in [1.82, 2.24) is 14.5 Å². The van der Waals surface area contributed by atoms with Gasteiger partial charge in [0.1, 0.15) is 5.60 Å². The van der Waals surface area contributed by atoms with Gasteiger partial charge in [0, 0.05) is 26.4 Å². The van der Waals surface area contributed by atoms with Crippen molar-refractivity contribution in [2.75, 3.05) is 6.54 Å². The van der Waals surface area contributed by atoms with Gasteiger partial charge in [0.25, 0.3) is 0 Å². The second-order valence-electron chi connectivity index (χ2n) is 10.5. The number of ether oxygens (including phenoxy) is 1. The number of hydrogen-bond donors (Lipinski definition) is 1. The van der Waals surface area contributed by atoms with Crippen LogP contribution in [0, 0.1) is 0 Å². The second kappa shape index (κ2) is 9.10. The lowest BCUT2D eigenvalue weighted by molar-refractivity contribution is -0.101. The largest absolute Gasteiger partial charge is 0.438 e. The van der Waals surface area contributed by atoms with Crippen LogP contribution in [-0.4, -0.2) is 37.8 Å². The van der Waals surface area contributed by atoms with Crippen LogP contribution in [0.15, 0.2) is 79.1 Å². The van der Waals surface area contributed by atoms with Gasteiger partial charge in [0.2, 0.25) is 0 Å². The highest BCUT2D eigenvalue weighted by atomic mass is 16.6. The number of aliphatic hydroxyl groups is 1. The molecule has 0 spiro atoms. The summed E-state index contributed by atoms with van der Waals surface area (Å²) in [6.07, 6.45) is 2.42. The third-order valence-electron chi connectivity index (χ3n) is 7.21. The fraction of sp³-hybridized carbons (Fsp3) is 0.333. The molecule has 1 unspecified atom stereocenters. The Balaban J connectivity index is 1.35. The van der Waals surface area contributed by atoms with Gasteiger partial charge in [0.15, 0.2) is 0 Å². The number of benzene rings is 3. The Morgan fingerprint density at radius 1 is 1.06 bits per heavy atom. The lowest BCUT2D eigenvalue weighted by atomic mass is 9.80. The summed E-state index contributed by atoms with van der Waals surface area (Å²) in [5.74, 6) is 0. The smallest absolute Gasteiger partial charge is 0.411 e. The molecule has 186 valence electrons. The summed E-state index contributed by atoms with van der Waals surface area (Å²) in [6.45, 7) is 6.09. The Bertz CT molecular complexity index is 1370. The maximum atomic E-state index is 13.3. The number of cyclic esters (lactones) is 1. The van der Waals surface area contributed by atoms with E-state index in [-0.39, 0.29) is 12.1 Å². The van der Waals surface area contributed by atoms with Crippen LogP contribution < -0.4 is 0 Å². The van der Waals surface area contributed by atoms with Gasteiger partial charge in [0.05, 0.1) is 29.0 Å². The van der Waals surface area contributed by atoms with E-state index in [0.29, 0.717) is 19.4 Å². The first-order valence-corrected chi connectivity index (χ1v) is 12.4. The summed E-state index contributed by atoms with van der Waals surface area (Å²) >= 11 is 0. The third kappa shape index (κ3) is 4.61. The van der Waals surface area contributed by atoms with Gasteiger partial charge in [-0.3, -0.25) is 0 Å². The fourth-order valence-electron chi connectivity index (χ4n) is 5.33. The highest BCUT2D eigenvalue weighted by Gasteiger charge is 2.46. The van der Waals surface area contributed by atoms with Gasteiger partial charge in [-0.25, -0.2) is 9.78 Å². The van der Waals surface area contributed by atoms with Crippen molar-refractivity contribution in [2.24, 2.45) is 7.05 Å². The predicted octanol–water partition coefficient (Wildman–Crippen LogP) is 6.20. The van der Waals surface area contributed by atoms with Crippen LogP contribution in [0.25, 0.3) is 22.2 Å². The maximum Gasteiger partial charge on any atom is 0.411 e. The lowest BCUT2D eigenvalue weighted by Gasteiger charge is -2.45. The van der Waals surface area contributed by atoms with Gasteiger partial charge < -0.3 is 19.3 Å². The number of aryl methyl sites for hydroxylation is 1. The lowest BCUT2D eigenvalue weighted by Crippen LogP contribution is -2.51. The van der Waals surface area contributed by atoms with Crippen LogP contribution >= 0.6 is 0 Å². The van der Waals surface area contributed by atoms with Crippen molar-refractivity contribution in [3.05, 3.63) is 90.3 Å². The Morgan fingerprint density at radius 2 is 1.75 bits per heavy atom. The molecule has 1 aliphatic rings. The van der Waals surface area contributed by atoms with E-state index in [2.05, 4.69) is 41.4 Å². The zero-order valence-electron chi connectivity index (χ0n) is 21.3. The summed E-state index contributed by atoms with van der Waals surface area (Å²) in [7, 11) is 2.00. The summed E-state index contributed by atoms with van der Waals surface area (Å²) in [5, 5.41) is 10.6. The Morgan fingerprint density at radius 3 is 2.42 bits per heavy atom. The van der Waals surface area contributed by atoms with E-state index < -0.39 is 11.2 Å². The summed E-state index contributed by atoms with van der Waals surface area (Å²) in [6, 6.07) is 24.3. The van der Waals surface area contributed by atoms with E-state index in [1.165, 1.54) is 0 Å². The Kier molecular flexibility index (Phi) is 6.08. The molecule has 0 aliphatic carbocycles. The number of amides is 1. The van der Waals surface area contributed by atoms with E-state index >= 15 is 0 Å². The van der Waals surface area contributed by atoms with Crippen LogP contribution in [0.3, 0.4) is 0 Å². The summed E-state index contributed by atoms with van der Waals surface area (Å²) in [5.41, 5.74) is 4.46. The molecule has 4 aromatic rings. The predicted molar refractivity (Wildman–Crippen MR) is 141 cm³/mol. The number of carbonyl (C=O) groups excluding carboxylic acids is 1. The van der Waals surface area contributed by atoms with Crippen LogP contribution in [-0.2, 0) is 17.4 Å². The quantitative estimate of drug-likeness (QED) is 0.355. The molecule has 1 aromatic heterocycles. The normalized spacial score (nSPS) is 19.4. The molecular weight excluding hydrogens is 450 g/mol. The van der Waals surface area contributed by atoms with Crippen molar-refractivity contribution in [3.8, 4) is 11.1 Å². The maximum absolute atomic E-state index is 13.3. The van der Waals surface area contributed by atoms with Crippen LogP contribution in [0.2, 0.25) is 0 Å². The number of imidazole rings is 1. The van der Waals surface area contributed by atoms with Crippen LogP contribution in [0.1, 0.15) is 50.8 Å². The first-order valence-electron chi connectivity index (χ1n) is 12.4. The summed E-state index contributed by atoms with van der Waals surface area (Å²) < 4.78 is 8.17. The van der Waals surface area contributed by atoms with Crippen LogP contribution in [0.4, 0.5) is 4.79 Å². The van der Waals surface area contributed by atoms with E-state index in [0.717, 1.165) is 33.3 Å². The average molecular weight is 484 g/mol. The molecule has 0 radical (unpaired) electrons. The topological polar surface area (TPSA) is 67.6 Å². The van der Waals surface area contributed by atoms with Crippen molar-refractivity contribution in [3.63, 3.8) is 0 Å². The van der Waals surface area contributed by atoms with Gasteiger partial charge in [-0.15, -0.1) is 0 Å². The zero-order valence-corrected chi connectivity index (χ0v) is 21.3. The second-order valence-corrected chi connectivity index (χ2v) is 10.5. The van der Waals surface area contributed by atoms with E-state index in [1.807, 2.05) is 61.3 Å². The zero-order chi connectivity index (χ0) is 25.5. The molecule has 36 heavy (non-hydrogen) atoms. The van der Waals surface area contributed by atoms with Crippen molar-refractivity contribution in [2.45, 2.75) is 50.9 Å². The standard InChI is InChI=1S/C30H33N3O3/c1-21(22-10-12-23(13-11-22)24-14-15-26-27(18-24)32(4)20-31-26)33-17-16-30(36-28(33)34,19-29(2,3)35)25-8-6-5-7-9-25/h5-15,18,20-21,35H,16-17,19H2,1-4H3/t21-,30?/m0/s1. The highest BCUT2D eigenvalue weighted by molar-refractivity contribution is 5.82. The van der Waals surface area contributed by atoms with Crippen molar-refractivity contribution >= 4 is 17.1 Å². The molecule has 1 fully saturated rings. The number of hydrogen-bond acceptors (Lipinski definition) is 4. The molecule has 1 amide bonds. The van der Waals surface area contributed by atoms with Crippen LogP contribution in [0.5, 0.6) is 0 Å². The minimum Gasteiger partial charge on any atom is -0.438 e. The first-order chi connectivity index (χ1) is 17.2. The molecule has 2 heterocycles. The number of nitrogens with zero attached hydrogens (tertiary/aromatic N) is 3. The summed E-state index contributed by atoms with van der Waals surface area (Å²) in [4.78, 5) is 19.5. The minimum atomic E-state index is -0.974. The van der Waals surface area contributed by atoms with E-state index in [9.17, 15) is 9.90 Å². The molecule has 3 aromatic carbocycles. The Hall–Kier alpha value is -3.64. The first kappa shape index (κ1) is 24.1. The number of aromatic nitrogens is 2. The fourth-order valence-corrected chi connectivity index (χ4v) is 5.33. The Labute approximate surface area is 212 Å². The molecule has 5 rings (SSSR count). The van der Waals surface area contributed by atoms with Gasteiger partial charge in [-0.2, -0.15) is 0 Å². The van der Waals surface area contributed by atoms with Gasteiger partial charge in [-0.1, -0.05) is 60.7 Å². The van der Waals surface area contributed by atoms with Crippen molar-refractivity contribution in [1.29, 1.82) is 0 Å².